The average Bonchev–Trinajstić information content (AvgIpc) is 2.99. The second-order valence-electron chi connectivity index (χ2n) is 6.59. The molecule has 1 saturated heterocycles. The minimum Gasteiger partial charge on any atom is -0.469 e. The molecule has 1 N–H and O–H groups in total. The molecule has 1 aliphatic carbocycles. The van der Waals surface area contributed by atoms with Crippen LogP contribution in [0.3, 0.4) is 0 Å². The lowest BCUT2D eigenvalue weighted by molar-refractivity contribution is -0.149. The molecule has 0 aromatic heterocycles. The van der Waals surface area contributed by atoms with Gasteiger partial charge >= 0.3 is 5.97 Å². The number of likely N-dealkylation sites (tertiary alicyclic amines) is 1. The highest BCUT2D eigenvalue weighted by atomic mass is 16.5. The summed E-state index contributed by atoms with van der Waals surface area (Å²) in [6.07, 6.45) is 2.46. The van der Waals surface area contributed by atoms with Crippen molar-refractivity contribution in [3.8, 4) is 0 Å². The summed E-state index contributed by atoms with van der Waals surface area (Å²) in [5.74, 6) is -0.238. The molecule has 23 heavy (non-hydrogen) atoms. The Balaban J connectivity index is 1.83. The number of amides is 1. The number of carbonyl (C=O) groups excluding carboxylic acids is 2. The van der Waals surface area contributed by atoms with Crippen molar-refractivity contribution in [1.82, 2.24) is 4.90 Å². The quantitative estimate of drug-likeness (QED) is 0.857. The van der Waals surface area contributed by atoms with Crippen molar-refractivity contribution in [2.45, 2.75) is 49.7 Å². The van der Waals surface area contributed by atoms with Crippen molar-refractivity contribution in [2.24, 2.45) is 0 Å². The third-order valence-electron chi connectivity index (χ3n) is 5.17. The monoisotopic (exact) mass is 317 g/mol. The molecule has 0 bridgehead atoms. The molecule has 1 saturated carbocycles. The Morgan fingerprint density at radius 1 is 1.30 bits per heavy atom. The fourth-order valence-corrected chi connectivity index (χ4v) is 3.90. The summed E-state index contributed by atoms with van der Waals surface area (Å²) >= 11 is 0. The van der Waals surface area contributed by atoms with E-state index in [1.807, 2.05) is 35.2 Å². The van der Waals surface area contributed by atoms with Crippen LogP contribution in [0.15, 0.2) is 30.3 Å². The molecule has 124 valence electrons. The van der Waals surface area contributed by atoms with E-state index in [9.17, 15) is 14.7 Å². The molecule has 2 fully saturated rings. The van der Waals surface area contributed by atoms with Gasteiger partial charge in [-0.05, 0) is 31.2 Å². The van der Waals surface area contributed by atoms with Crippen LogP contribution in [0.2, 0.25) is 0 Å². The largest absolute Gasteiger partial charge is 0.469 e. The van der Waals surface area contributed by atoms with Crippen molar-refractivity contribution in [3.05, 3.63) is 35.9 Å². The smallest absolute Gasteiger partial charge is 0.307 e. The normalized spacial score (nSPS) is 29.9. The van der Waals surface area contributed by atoms with Gasteiger partial charge in [-0.1, -0.05) is 30.3 Å². The zero-order chi connectivity index (χ0) is 16.4. The third kappa shape index (κ3) is 2.85. The molecule has 0 radical (unpaired) electrons. The van der Waals surface area contributed by atoms with Gasteiger partial charge in [0.25, 0.3) is 0 Å². The number of methoxy groups -OCH3 is 1. The van der Waals surface area contributed by atoms with Gasteiger partial charge in [0.15, 0.2) is 0 Å². The first-order valence-corrected chi connectivity index (χ1v) is 8.18. The number of benzene rings is 1. The van der Waals surface area contributed by atoms with Gasteiger partial charge in [0.1, 0.15) is 0 Å². The summed E-state index contributed by atoms with van der Waals surface area (Å²) in [6.45, 7) is 0.672. The van der Waals surface area contributed by atoms with Crippen LogP contribution in [0.25, 0.3) is 0 Å². The predicted octanol–water partition coefficient (Wildman–Crippen LogP) is 1.63. The number of carbonyl (C=O) groups is 2. The molecule has 1 atom stereocenters. The molecule has 2 aliphatic rings. The minimum atomic E-state index is -0.639. The second kappa shape index (κ2) is 6.32. The van der Waals surface area contributed by atoms with Crippen LogP contribution in [0, 0.1) is 0 Å². The summed E-state index contributed by atoms with van der Waals surface area (Å²) in [5, 5.41) is 9.84. The Morgan fingerprint density at radius 2 is 2.00 bits per heavy atom. The highest BCUT2D eigenvalue weighted by Crippen LogP contribution is 2.46. The molecule has 1 aliphatic heterocycles. The molecular weight excluding hydrogens is 294 g/mol. The fourth-order valence-electron chi connectivity index (χ4n) is 3.90. The molecule has 5 heteroatoms. The highest BCUT2D eigenvalue weighted by molar-refractivity contribution is 5.90. The molecule has 1 heterocycles. The van der Waals surface area contributed by atoms with E-state index >= 15 is 0 Å². The van der Waals surface area contributed by atoms with Gasteiger partial charge in [0.2, 0.25) is 5.91 Å². The zero-order valence-electron chi connectivity index (χ0n) is 13.4. The Hall–Kier alpha value is -1.88. The first-order chi connectivity index (χ1) is 11.1. The van der Waals surface area contributed by atoms with Crippen LogP contribution >= 0.6 is 0 Å². The molecular formula is C18H23NO4. The van der Waals surface area contributed by atoms with E-state index in [2.05, 4.69) is 0 Å². The van der Waals surface area contributed by atoms with Crippen molar-refractivity contribution in [2.75, 3.05) is 13.7 Å². The van der Waals surface area contributed by atoms with Crippen molar-refractivity contribution in [3.63, 3.8) is 0 Å². The summed E-state index contributed by atoms with van der Waals surface area (Å²) < 4.78 is 4.75. The van der Waals surface area contributed by atoms with Gasteiger partial charge in [-0.15, -0.1) is 0 Å². The first-order valence-electron chi connectivity index (χ1n) is 8.18. The maximum atomic E-state index is 13.2. The van der Waals surface area contributed by atoms with Crippen LogP contribution in [0.1, 0.15) is 37.7 Å². The number of nitrogens with zero attached hydrogens (tertiary/aromatic N) is 1. The van der Waals surface area contributed by atoms with E-state index < -0.39 is 11.5 Å². The number of esters is 1. The molecule has 1 amide bonds. The zero-order valence-corrected chi connectivity index (χ0v) is 13.4. The maximum absolute atomic E-state index is 13.2. The molecule has 1 aromatic rings. The molecule has 0 spiro atoms. The first kappa shape index (κ1) is 16.0. The number of ether oxygens (including phenoxy) is 1. The Labute approximate surface area is 136 Å². The average molecular weight is 317 g/mol. The highest BCUT2D eigenvalue weighted by Gasteiger charge is 2.53. The van der Waals surface area contributed by atoms with E-state index in [1.165, 1.54) is 7.11 Å². The summed E-state index contributed by atoms with van der Waals surface area (Å²) in [6, 6.07) is 9.58. The fraction of sp³-hybridized carbons (Fsp3) is 0.556. The van der Waals surface area contributed by atoms with E-state index in [1.54, 1.807) is 0 Å². The molecule has 3 rings (SSSR count). The van der Waals surface area contributed by atoms with Crippen LogP contribution in [-0.2, 0) is 19.7 Å². The third-order valence-corrected chi connectivity index (χ3v) is 5.17. The lowest BCUT2D eigenvalue weighted by Crippen LogP contribution is -2.57. The van der Waals surface area contributed by atoms with Crippen molar-refractivity contribution >= 4 is 11.9 Å². The van der Waals surface area contributed by atoms with E-state index in [4.69, 9.17) is 4.74 Å². The molecule has 5 nitrogen and oxygen atoms in total. The van der Waals surface area contributed by atoms with Crippen molar-refractivity contribution < 1.29 is 19.4 Å². The number of aliphatic hydroxyl groups is 1. The number of hydrogen-bond acceptors (Lipinski definition) is 4. The number of hydrogen-bond donors (Lipinski definition) is 1. The van der Waals surface area contributed by atoms with Gasteiger partial charge in [-0.25, -0.2) is 0 Å². The Kier molecular flexibility index (Phi) is 4.39. The number of aliphatic hydroxyl groups excluding tert-OH is 1. The van der Waals surface area contributed by atoms with Crippen LogP contribution < -0.4 is 0 Å². The topological polar surface area (TPSA) is 66.8 Å². The van der Waals surface area contributed by atoms with E-state index in [-0.39, 0.29) is 24.3 Å². The van der Waals surface area contributed by atoms with Gasteiger partial charge in [-0.3, -0.25) is 9.59 Å². The Morgan fingerprint density at radius 3 is 2.61 bits per heavy atom. The van der Waals surface area contributed by atoms with Crippen molar-refractivity contribution in [1.29, 1.82) is 0 Å². The van der Waals surface area contributed by atoms with E-state index in [0.29, 0.717) is 19.4 Å². The maximum Gasteiger partial charge on any atom is 0.307 e. The van der Waals surface area contributed by atoms with Gasteiger partial charge in [0, 0.05) is 12.6 Å². The minimum absolute atomic E-state index is 0.0420. The summed E-state index contributed by atoms with van der Waals surface area (Å²) in [7, 11) is 1.37. The lowest BCUT2D eigenvalue weighted by atomic mass is 9.61. The summed E-state index contributed by atoms with van der Waals surface area (Å²) in [4.78, 5) is 26.7. The standard InChI is InChI=1S/C18H23NO4/c1-23-16(21)10-14-8-5-9-19(14)17(22)18(11-15(20)12-18)13-6-3-2-4-7-13/h2-4,6-7,14-15,20H,5,8-12H2,1H3. The van der Waals surface area contributed by atoms with Gasteiger partial charge in [-0.2, -0.15) is 0 Å². The second-order valence-corrected chi connectivity index (χ2v) is 6.59. The SMILES string of the molecule is COC(=O)CC1CCCN1C(=O)C1(c2ccccc2)CC(O)C1. The van der Waals surface area contributed by atoms with Gasteiger partial charge < -0.3 is 14.7 Å². The van der Waals surface area contributed by atoms with Crippen LogP contribution in [0.4, 0.5) is 0 Å². The predicted molar refractivity (Wildman–Crippen MR) is 84.7 cm³/mol. The van der Waals surface area contributed by atoms with E-state index in [0.717, 1.165) is 18.4 Å². The van der Waals surface area contributed by atoms with Crippen LogP contribution in [0.5, 0.6) is 0 Å². The van der Waals surface area contributed by atoms with Gasteiger partial charge in [0.05, 0.1) is 25.0 Å². The Bertz CT molecular complexity index is 580. The number of rotatable bonds is 4. The summed E-state index contributed by atoms with van der Waals surface area (Å²) in [5.41, 5.74) is 0.318. The molecule has 1 aromatic carbocycles. The van der Waals surface area contributed by atoms with Crippen LogP contribution in [-0.4, -0.2) is 47.7 Å². The lowest BCUT2D eigenvalue weighted by Gasteiger charge is -2.47. The molecule has 1 unspecified atom stereocenters.